The van der Waals surface area contributed by atoms with E-state index in [0.29, 0.717) is 10.6 Å². The van der Waals surface area contributed by atoms with E-state index in [1.165, 1.54) is 25.1 Å². The minimum absolute atomic E-state index is 0.0171. The number of ether oxygens (including phenoxy) is 1. The van der Waals surface area contributed by atoms with Crippen molar-refractivity contribution in [3.05, 3.63) is 38.9 Å². The van der Waals surface area contributed by atoms with Gasteiger partial charge in [0.1, 0.15) is 0 Å². The summed E-state index contributed by atoms with van der Waals surface area (Å²) in [6, 6.07) is 4.30. The summed E-state index contributed by atoms with van der Waals surface area (Å²) >= 11 is 5.73. The SMILES string of the molecule is CC(=O)OCCc1cc(Cl)ccc1[N+](=O)[O-]. The molecule has 1 aromatic carbocycles. The first-order chi connectivity index (χ1) is 7.50. The van der Waals surface area contributed by atoms with Crippen LogP contribution in [0.5, 0.6) is 0 Å². The van der Waals surface area contributed by atoms with Crippen molar-refractivity contribution in [3.63, 3.8) is 0 Å². The van der Waals surface area contributed by atoms with Crippen molar-refractivity contribution >= 4 is 23.3 Å². The Morgan fingerprint density at radius 3 is 2.81 bits per heavy atom. The molecule has 0 heterocycles. The van der Waals surface area contributed by atoms with Crippen molar-refractivity contribution in [2.45, 2.75) is 13.3 Å². The highest BCUT2D eigenvalue weighted by molar-refractivity contribution is 6.30. The van der Waals surface area contributed by atoms with E-state index in [4.69, 9.17) is 16.3 Å². The maximum atomic E-state index is 10.7. The van der Waals surface area contributed by atoms with E-state index in [9.17, 15) is 14.9 Å². The van der Waals surface area contributed by atoms with Crippen molar-refractivity contribution in [2.24, 2.45) is 0 Å². The van der Waals surface area contributed by atoms with Crippen molar-refractivity contribution in [1.29, 1.82) is 0 Å². The molecule has 0 unspecified atom stereocenters. The van der Waals surface area contributed by atoms with Crippen LogP contribution in [-0.2, 0) is 16.0 Å². The predicted molar refractivity (Wildman–Crippen MR) is 58.4 cm³/mol. The van der Waals surface area contributed by atoms with Gasteiger partial charge in [0.25, 0.3) is 5.69 Å². The fraction of sp³-hybridized carbons (Fsp3) is 0.300. The van der Waals surface area contributed by atoms with Crippen LogP contribution in [0.1, 0.15) is 12.5 Å². The highest BCUT2D eigenvalue weighted by Crippen LogP contribution is 2.23. The summed E-state index contributed by atoms with van der Waals surface area (Å²) < 4.78 is 4.72. The number of carbonyl (C=O) groups is 1. The summed E-state index contributed by atoms with van der Waals surface area (Å²) in [4.78, 5) is 20.7. The maximum Gasteiger partial charge on any atom is 0.302 e. The summed E-state index contributed by atoms with van der Waals surface area (Å²) in [5.74, 6) is -0.412. The third-order valence-electron chi connectivity index (χ3n) is 1.91. The number of rotatable bonds is 4. The molecule has 0 aromatic heterocycles. The third kappa shape index (κ3) is 3.51. The fourth-order valence-corrected chi connectivity index (χ4v) is 1.43. The molecule has 86 valence electrons. The maximum absolute atomic E-state index is 10.7. The largest absolute Gasteiger partial charge is 0.466 e. The molecule has 0 saturated carbocycles. The van der Waals surface area contributed by atoms with Gasteiger partial charge in [0.15, 0.2) is 0 Å². The zero-order chi connectivity index (χ0) is 12.1. The number of halogens is 1. The average Bonchev–Trinajstić information content (AvgIpc) is 2.16. The smallest absolute Gasteiger partial charge is 0.302 e. The fourth-order valence-electron chi connectivity index (χ4n) is 1.24. The molecule has 0 amide bonds. The summed E-state index contributed by atoms with van der Waals surface area (Å²) in [7, 11) is 0. The molecule has 0 radical (unpaired) electrons. The molecule has 0 saturated heterocycles. The second-order valence-electron chi connectivity index (χ2n) is 3.12. The Kier molecular flexibility index (Phi) is 4.25. The number of nitro benzene ring substituents is 1. The Labute approximate surface area is 97.1 Å². The number of hydrogen-bond donors (Lipinski definition) is 0. The van der Waals surface area contributed by atoms with Gasteiger partial charge in [0.05, 0.1) is 11.5 Å². The van der Waals surface area contributed by atoms with Gasteiger partial charge < -0.3 is 4.74 Å². The lowest BCUT2D eigenvalue weighted by Crippen LogP contribution is -2.05. The van der Waals surface area contributed by atoms with Crippen molar-refractivity contribution in [3.8, 4) is 0 Å². The molecule has 0 N–H and O–H groups in total. The molecular formula is C10H10ClNO4. The van der Waals surface area contributed by atoms with Gasteiger partial charge in [-0.2, -0.15) is 0 Å². The van der Waals surface area contributed by atoms with E-state index >= 15 is 0 Å². The van der Waals surface area contributed by atoms with Crippen LogP contribution >= 0.6 is 11.6 Å². The van der Waals surface area contributed by atoms with Crippen LogP contribution < -0.4 is 0 Å². The zero-order valence-electron chi connectivity index (χ0n) is 8.60. The van der Waals surface area contributed by atoms with E-state index in [-0.39, 0.29) is 18.7 Å². The predicted octanol–water partition coefficient (Wildman–Crippen LogP) is 2.35. The normalized spacial score (nSPS) is 9.88. The number of nitrogens with zero attached hydrogens (tertiary/aromatic N) is 1. The summed E-state index contributed by atoms with van der Waals surface area (Å²) in [6.07, 6.45) is 0.274. The van der Waals surface area contributed by atoms with Gasteiger partial charge in [-0.15, -0.1) is 0 Å². The van der Waals surface area contributed by atoms with Crippen molar-refractivity contribution < 1.29 is 14.5 Å². The lowest BCUT2D eigenvalue weighted by molar-refractivity contribution is -0.385. The molecule has 6 heteroatoms. The zero-order valence-corrected chi connectivity index (χ0v) is 9.36. The van der Waals surface area contributed by atoms with Gasteiger partial charge in [0, 0.05) is 30.0 Å². The van der Waals surface area contributed by atoms with Crippen LogP contribution in [0.4, 0.5) is 5.69 Å². The van der Waals surface area contributed by atoms with Crippen molar-refractivity contribution in [2.75, 3.05) is 6.61 Å². The number of benzene rings is 1. The number of esters is 1. The van der Waals surface area contributed by atoms with Crippen LogP contribution in [0.2, 0.25) is 5.02 Å². The molecule has 0 aliphatic rings. The molecule has 0 aliphatic carbocycles. The lowest BCUT2D eigenvalue weighted by Gasteiger charge is -2.04. The Morgan fingerprint density at radius 1 is 1.56 bits per heavy atom. The van der Waals surface area contributed by atoms with Gasteiger partial charge in [-0.05, 0) is 12.1 Å². The summed E-state index contributed by atoms with van der Waals surface area (Å²) in [5, 5.41) is 11.1. The van der Waals surface area contributed by atoms with Gasteiger partial charge >= 0.3 is 5.97 Å². The first-order valence-corrected chi connectivity index (χ1v) is 4.94. The Balaban J connectivity index is 2.80. The first-order valence-electron chi connectivity index (χ1n) is 4.57. The van der Waals surface area contributed by atoms with Gasteiger partial charge in [0.2, 0.25) is 0 Å². The summed E-state index contributed by atoms with van der Waals surface area (Å²) in [5.41, 5.74) is 0.440. The topological polar surface area (TPSA) is 69.4 Å². The minimum atomic E-state index is -0.487. The highest BCUT2D eigenvalue weighted by Gasteiger charge is 2.13. The van der Waals surface area contributed by atoms with E-state index in [0.717, 1.165) is 0 Å². The van der Waals surface area contributed by atoms with E-state index in [1.54, 1.807) is 0 Å². The monoisotopic (exact) mass is 243 g/mol. The molecule has 1 aromatic rings. The minimum Gasteiger partial charge on any atom is -0.466 e. The lowest BCUT2D eigenvalue weighted by atomic mass is 10.1. The molecule has 0 bridgehead atoms. The number of nitro groups is 1. The second kappa shape index (κ2) is 5.46. The van der Waals surface area contributed by atoms with E-state index < -0.39 is 10.9 Å². The summed E-state index contributed by atoms with van der Waals surface area (Å²) in [6.45, 7) is 1.39. The van der Waals surface area contributed by atoms with Gasteiger partial charge in [-0.1, -0.05) is 11.6 Å². The molecule has 5 nitrogen and oxygen atoms in total. The standard InChI is InChI=1S/C10H10ClNO4/c1-7(13)16-5-4-8-6-9(11)2-3-10(8)12(14)15/h2-3,6H,4-5H2,1H3. The average molecular weight is 244 g/mol. The Hall–Kier alpha value is -1.62. The van der Waals surface area contributed by atoms with E-state index in [1.807, 2.05) is 0 Å². The molecular weight excluding hydrogens is 234 g/mol. The van der Waals surface area contributed by atoms with Crippen LogP contribution in [0.3, 0.4) is 0 Å². The number of carbonyl (C=O) groups excluding carboxylic acids is 1. The molecule has 0 spiro atoms. The number of hydrogen-bond acceptors (Lipinski definition) is 4. The molecule has 0 fully saturated rings. The van der Waals surface area contributed by atoms with Crippen LogP contribution in [0, 0.1) is 10.1 Å². The van der Waals surface area contributed by atoms with Crippen LogP contribution in [0.15, 0.2) is 18.2 Å². The quantitative estimate of drug-likeness (QED) is 0.462. The molecule has 1 rings (SSSR count). The highest BCUT2D eigenvalue weighted by atomic mass is 35.5. The third-order valence-corrected chi connectivity index (χ3v) is 2.15. The Morgan fingerprint density at radius 2 is 2.25 bits per heavy atom. The molecule has 16 heavy (non-hydrogen) atoms. The van der Waals surface area contributed by atoms with E-state index in [2.05, 4.69) is 0 Å². The molecule has 0 aliphatic heterocycles. The Bertz CT molecular complexity index is 419. The van der Waals surface area contributed by atoms with Crippen LogP contribution in [-0.4, -0.2) is 17.5 Å². The van der Waals surface area contributed by atoms with Crippen LogP contribution in [0.25, 0.3) is 0 Å². The molecule has 0 atom stereocenters. The first kappa shape index (κ1) is 12.4. The van der Waals surface area contributed by atoms with Gasteiger partial charge in [-0.25, -0.2) is 0 Å². The second-order valence-corrected chi connectivity index (χ2v) is 3.56. The van der Waals surface area contributed by atoms with Crippen molar-refractivity contribution in [1.82, 2.24) is 0 Å². The van der Waals surface area contributed by atoms with Gasteiger partial charge in [-0.3, -0.25) is 14.9 Å².